The van der Waals surface area contributed by atoms with E-state index < -0.39 is 11.5 Å². The summed E-state index contributed by atoms with van der Waals surface area (Å²) in [5, 5.41) is 11.8. The summed E-state index contributed by atoms with van der Waals surface area (Å²) in [5.41, 5.74) is 1.41. The molecule has 1 heterocycles. The van der Waals surface area contributed by atoms with Gasteiger partial charge in [0, 0.05) is 51.8 Å². The van der Waals surface area contributed by atoms with Gasteiger partial charge in [0.05, 0.1) is 6.10 Å². The van der Waals surface area contributed by atoms with Crippen molar-refractivity contribution in [2.45, 2.75) is 45.1 Å². The molecule has 3 atom stereocenters. The molecule has 4 heteroatoms. The summed E-state index contributed by atoms with van der Waals surface area (Å²) in [6.45, 7) is 9.98. The van der Waals surface area contributed by atoms with Crippen LogP contribution in [0.2, 0.25) is 0 Å². The predicted octanol–water partition coefficient (Wildman–Crippen LogP) is 4.75. The van der Waals surface area contributed by atoms with E-state index in [-0.39, 0.29) is 17.1 Å². The molecule has 0 amide bonds. The number of aromatic nitrogens is 1. The van der Waals surface area contributed by atoms with Crippen LogP contribution in [0.5, 0.6) is 0 Å². The van der Waals surface area contributed by atoms with Crippen molar-refractivity contribution >= 4 is 32.6 Å². The minimum atomic E-state index is -0.548. The van der Waals surface area contributed by atoms with E-state index >= 15 is 0 Å². The molecule has 3 rings (SSSR count). The first-order chi connectivity index (χ1) is 11.6. The zero-order valence-corrected chi connectivity index (χ0v) is 16.9. The largest absolute Gasteiger partial charge is 0.392 e. The average molecular weight is 404 g/mol. The van der Waals surface area contributed by atoms with Gasteiger partial charge in [-0.25, -0.2) is 0 Å². The van der Waals surface area contributed by atoms with Crippen molar-refractivity contribution in [3.05, 3.63) is 47.1 Å². The molecule has 1 aliphatic rings. The van der Waals surface area contributed by atoms with Crippen LogP contribution < -0.4 is 0 Å². The lowest BCUT2D eigenvalue weighted by atomic mass is 9.60. The molecule has 1 N–H and O–H groups in total. The molecular formula is C21H26BrNO2. The van der Waals surface area contributed by atoms with Crippen molar-refractivity contribution < 1.29 is 9.90 Å². The molecule has 0 radical (unpaired) electrons. The monoisotopic (exact) mass is 403 g/mol. The second-order valence-electron chi connectivity index (χ2n) is 8.19. The van der Waals surface area contributed by atoms with Crippen LogP contribution >= 0.6 is 15.9 Å². The molecule has 1 fully saturated rings. The first-order valence-corrected chi connectivity index (χ1v) is 9.49. The van der Waals surface area contributed by atoms with Gasteiger partial charge in [0.1, 0.15) is 5.78 Å². The number of aliphatic hydroxyl groups is 1. The number of carbonyl (C=O) groups is 1. The third-order valence-electron chi connectivity index (χ3n) is 6.15. The smallest absolute Gasteiger partial charge is 0.137 e. The fourth-order valence-electron chi connectivity index (χ4n) is 4.21. The van der Waals surface area contributed by atoms with Gasteiger partial charge in [0.2, 0.25) is 0 Å². The molecule has 25 heavy (non-hydrogen) atoms. The Balaban J connectivity index is 2.07. The van der Waals surface area contributed by atoms with Crippen LogP contribution in [0.1, 0.15) is 39.2 Å². The summed E-state index contributed by atoms with van der Waals surface area (Å²) in [6, 6.07) is 6.24. The van der Waals surface area contributed by atoms with Crippen LogP contribution in [0.15, 0.2) is 41.5 Å². The molecule has 134 valence electrons. The molecule has 0 aliphatic heterocycles. The van der Waals surface area contributed by atoms with Crippen molar-refractivity contribution in [1.82, 2.24) is 4.57 Å². The Kier molecular flexibility index (Phi) is 4.49. The fourth-order valence-corrected chi connectivity index (χ4v) is 4.57. The van der Waals surface area contributed by atoms with E-state index in [2.05, 4.69) is 59.3 Å². The first kappa shape index (κ1) is 18.4. The van der Waals surface area contributed by atoms with E-state index in [4.69, 9.17) is 0 Å². The number of halogens is 1. The minimum absolute atomic E-state index is 0.208. The van der Waals surface area contributed by atoms with Gasteiger partial charge in [-0.1, -0.05) is 42.8 Å². The van der Waals surface area contributed by atoms with E-state index in [1.165, 1.54) is 0 Å². The Bertz CT molecular complexity index is 851. The molecule has 2 aromatic rings. The van der Waals surface area contributed by atoms with Crippen LogP contribution in [-0.4, -0.2) is 21.6 Å². The molecule has 0 spiro atoms. The fraction of sp³-hybridized carbons (Fsp3) is 0.476. The highest BCUT2D eigenvalue weighted by Crippen LogP contribution is 2.47. The number of aliphatic hydroxyl groups excluding tert-OH is 1. The Hall–Kier alpha value is -1.39. The van der Waals surface area contributed by atoms with Gasteiger partial charge in [-0.3, -0.25) is 4.79 Å². The molecule has 0 bridgehead atoms. The van der Waals surface area contributed by atoms with E-state index in [1.54, 1.807) is 6.08 Å². The standard InChI is InChI=1S/C21H26BrNO2/c1-6-21(4)11-18(24)15(10-19(21)25)20(2,3)16-12-23(5)17-8-7-13(22)9-14(16)17/h6-9,12,15,19,25H,1,10-11H2,2-5H3/t15-,19-,21-/m0/s1. The molecule has 0 unspecified atom stereocenters. The third-order valence-corrected chi connectivity index (χ3v) is 6.64. The predicted molar refractivity (Wildman–Crippen MR) is 106 cm³/mol. The lowest BCUT2D eigenvalue weighted by molar-refractivity contribution is -0.135. The number of hydrogen-bond acceptors (Lipinski definition) is 2. The van der Waals surface area contributed by atoms with E-state index in [0.29, 0.717) is 12.8 Å². The van der Waals surface area contributed by atoms with E-state index in [0.717, 1.165) is 20.9 Å². The summed E-state index contributed by atoms with van der Waals surface area (Å²) in [7, 11) is 2.03. The number of nitrogens with zero attached hydrogens (tertiary/aromatic N) is 1. The molecule has 1 aliphatic carbocycles. The van der Waals surface area contributed by atoms with Crippen molar-refractivity contribution in [2.24, 2.45) is 18.4 Å². The summed E-state index contributed by atoms with van der Waals surface area (Å²) in [4.78, 5) is 13.0. The Morgan fingerprint density at radius 2 is 2.12 bits per heavy atom. The number of carbonyl (C=O) groups excluding carboxylic acids is 1. The average Bonchev–Trinajstić information content (AvgIpc) is 2.87. The van der Waals surface area contributed by atoms with Crippen molar-refractivity contribution in [1.29, 1.82) is 0 Å². The second-order valence-corrected chi connectivity index (χ2v) is 9.11. The Morgan fingerprint density at radius 1 is 1.44 bits per heavy atom. The number of Topliss-reactive ketones (excluding diaryl/α,β-unsaturated/α-hetero) is 1. The first-order valence-electron chi connectivity index (χ1n) is 8.69. The maximum absolute atomic E-state index is 13.0. The van der Waals surface area contributed by atoms with Crippen LogP contribution in [0, 0.1) is 11.3 Å². The zero-order valence-electron chi connectivity index (χ0n) is 15.3. The number of rotatable bonds is 3. The van der Waals surface area contributed by atoms with Crippen molar-refractivity contribution in [2.75, 3.05) is 0 Å². The van der Waals surface area contributed by atoms with Crippen molar-refractivity contribution in [3.63, 3.8) is 0 Å². The van der Waals surface area contributed by atoms with Gasteiger partial charge in [-0.2, -0.15) is 0 Å². The topological polar surface area (TPSA) is 42.2 Å². The van der Waals surface area contributed by atoms with E-state index in [9.17, 15) is 9.90 Å². The zero-order chi connectivity index (χ0) is 18.6. The number of fused-ring (bicyclic) bond motifs is 1. The number of benzene rings is 1. The van der Waals surface area contributed by atoms with Crippen LogP contribution in [0.25, 0.3) is 10.9 Å². The van der Waals surface area contributed by atoms with Gasteiger partial charge in [0.25, 0.3) is 0 Å². The van der Waals surface area contributed by atoms with Gasteiger partial charge in [-0.05, 0) is 30.2 Å². The summed E-state index contributed by atoms with van der Waals surface area (Å²) in [6.07, 6.45) is 4.12. The SMILES string of the molecule is C=C[C@@]1(C)CC(=O)[C@@H](C(C)(C)c2cn(C)c3ccc(Br)cc23)C[C@@H]1O. The van der Waals surface area contributed by atoms with Crippen molar-refractivity contribution in [3.8, 4) is 0 Å². The maximum Gasteiger partial charge on any atom is 0.137 e. The van der Waals surface area contributed by atoms with Gasteiger partial charge >= 0.3 is 0 Å². The maximum atomic E-state index is 13.0. The van der Waals surface area contributed by atoms with E-state index in [1.807, 2.05) is 20.0 Å². The highest BCUT2D eigenvalue weighted by Gasteiger charge is 2.48. The number of aryl methyl sites for hydroxylation is 1. The molecule has 1 saturated carbocycles. The lowest BCUT2D eigenvalue weighted by Crippen LogP contribution is -2.48. The lowest BCUT2D eigenvalue weighted by Gasteiger charge is -2.44. The van der Waals surface area contributed by atoms with Gasteiger partial charge in [-0.15, -0.1) is 6.58 Å². The summed E-state index contributed by atoms with van der Waals surface area (Å²) >= 11 is 3.56. The number of ketones is 1. The second kappa shape index (κ2) is 6.10. The minimum Gasteiger partial charge on any atom is -0.392 e. The van der Waals surface area contributed by atoms with Gasteiger partial charge < -0.3 is 9.67 Å². The molecule has 1 aromatic heterocycles. The van der Waals surface area contributed by atoms with Crippen LogP contribution in [0.4, 0.5) is 0 Å². The Morgan fingerprint density at radius 3 is 2.76 bits per heavy atom. The molecule has 0 saturated heterocycles. The molecule has 3 nitrogen and oxygen atoms in total. The highest BCUT2D eigenvalue weighted by atomic mass is 79.9. The highest BCUT2D eigenvalue weighted by molar-refractivity contribution is 9.10. The van der Waals surface area contributed by atoms with Gasteiger partial charge in [0.15, 0.2) is 0 Å². The molecule has 1 aromatic carbocycles. The summed E-state index contributed by atoms with van der Waals surface area (Å²) < 4.78 is 3.13. The molecular weight excluding hydrogens is 378 g/mol. The quantitative estimate of drug-likeness (QED) is 0.751. The van der Waals surface area contributed by atoms with Crippen LogP contribution in [0.3, 0.4) is 0 Å². The van der Waals surface area contributed by atoms with Crippen LogP contribution in [-0.2, 0) is 17.3 Å². The summed E-state index contributed by atoms with van der Waals surface area (Å²) in [5.74, 6) is 0.00445. The Labute approximate surface area is 157 Å². The number of hydrogen-bond donors (Lipinski definition) is 1. The normalized spacial score (nSPS) is 27.7. The third kappa shape index (κ3) is 2.89.